The van der Waals surface area contributed by atoms with Crippen LogP contribution in [0.25, 0.3) is 11.0 Å². The number of aryl methyl sites for hydroxylation is 2. The fourth-order valence-corrected chi connectivity index (χ4v) is 4.26. The topological polar surface area (TPSA) is 31.6 Å². The van der Waals surface area contributed by atoms with Gasteiger partial charge in [-0.2, -0.15) is 0 Å². The molecule has 0 radical (unpaired) electrons. The van der Waals surface area contributed by atoms with Gasteiger partial charge in [-0.25, -0.2) is 0 Å². The Morgan fingerprint density at radius 2 is 1.80 bits per heavy atom. The lowest BCUT2D eigenvalue weighted by Crippen LogP contribution is -2.17. The number of alkyl halides is 3. The van der Waals surface area contributed by atoms with E-state index < -0.39 is 6.36 Å². The van der Waals surface area contributed by atoms with E-state index in [4.69, 9.17) is 9.15 Å². The average molecular weight is 418 g/mol. The fraction of sp³-hybridized carbons (Fsp3) is 0.417. The number of rotatable bonds is 7. The first-order chi connectivity index (χ1) is 14.4. The van der Waals surface area contributed by atoms with Crippen LogP contribution in [0.3, 0.4) is 0 Å². The van der Waals surface area contributed by atoms with E-state index in [1.807, 2.05) is 13.0 Å². The van der Waals surface area contributed by atoms with Crippen molar-refractivity contribution in [2.24, 2.45) is 0 Å². The molecule has 0 N–H and O–H groups in total. The van der Waals surface area contributed by atoms with Crippen LogP contribution in [0.1, 0.15) is 54.7 Å². The number of ether oxygens (including phenoxy) is 2. The molecule has 1 aliphatic rings. The third-order valence-electron chi connectivity index (χ3n) is 5.54. The largest absolute Gasteiger partial charge is 0.573 e. The van der Waals surface area contributed by atoms with Gasteiger partial charge in [0.1, 0.15) is 29.4 Å². The molecule has 30 heavy (non-hydrogen) atoms. The summed E-state index contributed by atoms with van der Waals surface area (Å²) < 4.78 is 54.4. The molecule has 0 amide bonds. The van der Waals surface area contributed by atoms with Gasteiger partial charge in [-0.3, -0.25) is 0 Å². The van der Waals surface area contributed by atoms with Crippen molar-refractivity contribution in [3.05, 3.63) is 58.3 Å². The van der Waals surface area contributed by atoms with Crippen molar-refractivity contribution in [2.75, 3.05) is 0 Å². The van der Waals surface area contributed by atoms with Gasteiger partial charge in [-0.15, -0.1) is 13.2 Å². The highest BCUT2D eigenvalue weighted by Gasteiger charge is 2.31. The van der Waals surface area contributed by atoms with Crippen LogP contribution in [0.5, 0.6) is 11.5 Å². The fourth-order valence-electron chi connectivity index (χ4n) is 4.26. The van der Waals surface area contributed by atoms with E-state index in [-0.39, 0.29) is 12.4 Å². The number of furan rings is 1. The van der Waals surface area contributed by atoms with Crippen LogP contribution in [0.15, 0.2) is 34.7 Å². The van der Waals surface area contributed by atoms with Gasteiger partial charge in [0.05, 0.1) is 0 Å². The van der Waals surface area contributed by atoms with Crippen LogP contribution in [-0.4, -0.2) is 6.36 Å². The van der Waals surface area contributed by atoms with Gasteiger partial charge in [0.15, 0.2) is 0 Å². The maximum atomic E-state index is 12.8. The lowest BCUT2D eigenvalue weighted by atomic mass is 9.99. The average Bonchev–Trinajstić information content (AvgIpc) is 3.33. The predicted molar refractivity (Wildman–Crippen MR) is 109 cm³/mol. The monoisotopic (exact) mass is 418 g/mol. The Labute approximate surface area is 173 Å². The molecular formula is C24H25F3O3. The molecule has 0 fully saturated rings. The standard InChI is InChI=1S/C24H25F3O3/c1-3-6-15-9-10-22(21-8-5-7-20(15)21)28-14-17-13-19(30-24(25,26)27)12-16-11-18(4-2)29-23(16)17/h9-13H,3-8,14H2,1-2H3. The van der Waals surface area contributed by atoms with E-state index in [0.717, 1.165) is 37.9 Å². The first kappa shape index (κ1) is 20.6. The number of hydrogen-bond acceptors (Lipinski definition) is 3. The Bertz CT molecular complexity index is 1050. The normalized spacial score (nSPS) is 13.6. The zero-order valence-electron chi connectivity index (χ0n) is 17.2. The van der Waals surface area contributed by atoms with Crippen molar-refractivity contribution in [1.29, 1.82) is 0 Å². The molecule has 0 atom stereocenters. The number of fused-ring (bicyclic) bond motifs is 2. The second-order valence-corrected chi connectivity index (χ2v) is 7.69. The van der Waals surface area contributed by atoms with Gasteiger partial charge in [0.2, 0.25) is 0 Å². The third-order valence-corrected chi connectivity index (χ3v) is 5.54. The van der Waals surface area contributed by atoms with Crippen molar-refractivity contribution < 1.29 is 27.1 Å². The lowest BCUT2D eigenvalue weighted by Gasteiger charge is -2.15. The van der Waals surface area contributed by atoms with Crippen LogP contribution < -0.4 is 9.47 Å². The van der Waals surface area contributed by atoms with Crippen molar-refractivity contribution in [1.82, 2.24) is 0 Å². The number of benzene rings is 2. The van der Waals surface area contributed by atoms with Gasteiger partial charge in [-0.1, -0.05) is 26.3 Å². The summed E-state index contributed by atoms with van der Waals surface area (Å²) in [5.74, 6) is 1.25. The predicted octanol–water partition coefficient (Wildman–Crippen LogP) is 6.91. The quantitative estimate of drug-likeness (QED) is 0.418. The van der Waals surface area contributed by atoms with Crippen molar-refractivity contribution in [3.8, 4) is 11.5 Å². The van der Waals surface area contributed by atoms with E-state index in [1.165, 1.54) is 28.8 Å². The molecule has 4 rings (SSSR count). The third kappa shape index (κ3) is 4.27. The Kier molecular flexibility index (Phi) is 5.67. The summed E-state index contributed by atoms with van der Waals surface area (Å²) in [4.78, 5) is 0. The summed E-state index contributed by atoms with van der Waals surface area (Å²) in [6.45, 7) is 4.21. The van der Waals surface area contributed by atoms with Gasteiger partial charge in [0.25, 0.3) is 0 Å². The highest BCUT2D eigenvalue weighted by Crippen LogP contribution is 2.36. The zero-order valence-corrected chi connectivity index (χ0v) is 17.2. The van der Waals surface area contributed by atoms with Gasteiger partial charge in [0, 0.05) is 17.4 Å². The maximum Gasteiger partial charge on any atom is 0.573 e. The SMILES string of the molecule is CCCc1ccc(OCc2cc(OC(F)(F)F)cc3cc(CC)oc23)c2c1CCC2. The maximum absolute atomic E-state index is 12.8. The summed E-state index contributed by atoms with van der Waals surface area (Å²) in [7, 11) is 0. The first-order valence-corrected chi connectivity index (χ1v) is 10.5. The molecule has 1 heterocycles. The molecule has 0 saturated carbocycles. The van der Waals surface area contributed by atoms with Crippen LogP contribution in [0.2, 0.25) is 0 Å². The van der Waals surface area contributed by atoms with Gasteiger partial charge in [-0.05, 0) is 66.6 Å². The molecule has 2 aromatic carbocycles. The highest BCUT2D eigenvalue weighted by molar-refractivity contribution is 5.83. The second kappa shape index (κ2) is 8.25. The van der Waals surface area contributed by atoms with Crippen LogP contribution in [0.4, 0.5) is 13.2 Å². The molecule has 1 aliphatic carbocycles. The van der Waals surface area contributed by atoms with E-state index in [1.54, 1.807) is 6.07 Å². The zero-order chi connectivity index (χ0) is 21.3. The minimum absolute atomic E-state index is 0.113. The van der Waals surface area contributed by atoms with Crippen molar-refractivity contribution in [3.63, 3.8) is 0 Å². The first-order valence-electron chi connectivity index (χ1n) is 10.5. The molecule has 0 bridgehead atoms. The van der Waals surface area contributed by atoms with E-state index >= 15 is 0 Å². The molecule has 3 nitrogen and oxygen atoms in total. The molecule has 3 aromatic rings. The Hall–Kier alpha value is -2.63. The minimum atomic E-state index is -4.75. The Morgan fingerprint density at radius 1 is 1.00 bits per heavy atom. The summed E-state index contributed by atoms with van der Waals surface area (Å²) in [5.41, 5.74) is 5.06. The molecule has 160 valence electrons. The summed E-state index contributed by atoms with van der Waals surface area (Å²) in [6, 6.07) is 8.56. The number of hydrogen-bond donors (Lipinski definition) is 0. The summed E-state index contributed by atoms with van der Waals surface area (Å²) in [5, 5.41) is 0.579. The number of halogens is 3. The molecule has 0 aliphatic heterocycles. The lowest BCUT2D eigenvalue weighted by molar-refractivity contribution is -0.274. The van der Waals surface area contributed by atoms with Gasteiger partial charge < -0.3 is 13.9 Å². The molecule has 0 saturated heterocycles. The molecular weight excluding hydrogens is 393 g/mol. The van der Waals surface area contributed by atoms with Crippen LogP contribution in [0, 0.1) is 0 Å². The minimum Gasteiger partial charge on any atom is -0.488 e. The molecule has 1 aromatic heterocycles. The molecule has 6 heteroatoms. The van der Waals surface area contributed by atoms with E-state index in [2.05, 4.69) is 17.7 Å². The van der Waals surface area contributed by atoms with E-state index in [0.29, 0.717) is 28.7 Å². The van der Waals surface area contributed by atoms with Gasteiger partial charge >= 0.3 is 6.36 Å². The highest BCUT2D eigenvalue weighted by atomic mass is 19.4. The smallest absolute Gasteiger partial charge is 0.488 e. The molecule has 0 spiro atoms. The van der Waals surface area contributed by atoms with Crippen molar-refractivity contribution in [2.45, 2.75) is 65.3 Å². The Morgan fingerprint density at radius 3 is 2.53 bits per heavy atom. The second-order valence-electron chi connectivity index (χ2n) is 7.69. The summed E-state index contributed by atoms with van der Waals surface area (Å²) in [6.07, 6.45) is 1.16. The molecule has 0 unspecified atom stereocenters. The van der Waals surface area contributed by atoms with E-state index in [9.17, 15) is 13.2 Å². The van der Waals surface area contributed by atoms with Crippen LogP contribution in [-0.2, 0) is 32.3 Å². The summed E-state index contributed by atoms with van der Waals surface area (Å²) >= 11 is 0. The Balaban J connectivity index is 1.65. The van der Waals surface area contributed by atoms with Crippen molar-refractivity contribution >= 4 is 11.0 Å². The van der Waals surface area contributed by atoms with Crippen LogP contribution >= 0.6 is 0 Å².